The summed E-state index contributed by atoms with van der Waals surface area (Å²) in [6, 6.07) is 20.6. The summed E-state index contributed by atoms with van der Waals surface area (Å²) < 4.78 is 5.74. The van der Waals surface area contributed by atoms with Crippen molar-refractivity contribution in [1.29, 1.82) is 0 Å². The van der Waals surface area contributed by atoms with Gasteiger partial charge in [-0.15, -0.1) is 0 Å². The van der Waals surface area contributed by atoms with Gasteiger partial charge in [0.25, 0.3) is 11.8 Å². The summed E-state index contributed by atoms with van der Waals surface area (Å²) >= 11 is 0. The van der Waals surface area contributed by atoms with Gasteiger partial charge in [-0.1, -0.05) is 42.0 Å². The van der Waals surface area contributed by atoms with E-state index in [1.165, 1.54) is 4.90 Å². The third-order valence-corrected chi connectivity index (χ3v) is 5.50. The Bertz CT molecular complexity index is 1260. The fraction of sp³-hybridized carbons (Fsp3) is 0.214. The first-order chi connectivity index (χ1) is 15.7. The van der Waals surface area contributed by atoms with Gasteiger partial charge in [0.15, 0.2) is 0 Å². The number of hydrogen-bond acceptors (Lipinski definition) is 4. The molecule has 1 N–H and O–H groups in total. The van der Waals surface area contributed by atoms with Crippen LogP contribution >= 0.6 is 0 Å². The maximum absolute atomic E-state index is 13.6. The van der Waals surface area contributed by atoms with Crippen molar-refractivity contribution < 1.29 is 14.3 Å². The molecule has 0 radical (unpaired) electrons. The van der Waals surface area contributed by atoms with E-state index < -0.39 is 0 Å². The second kappa shape index (κ2) is 8.94. The van der Waals surface area contributed by atoms with Crippen LogP contribution < -0.4 is 15.0 Å². The van der Waals surface area contributed by atoms with Crippen LogP contribution in [-0.2, 0) is 9.59 Å². The fourth-order valence-electron chi connectivity index (χ4n) is 3.98. The number of anilines is 2. The first kappa shape index (κ1) is 22.3. The number of aryl methyl sites for hydroxylation is 3. The number of carbonyl (C=O) groups excluding carboxylic acids is 2. The van der Waals surface area contributed by atoms with Crippen molar-refractivity contribution in [2.45, 2.75) is 40.7 Å². The van der Waals surface area contributed by atoms with Crippen LogP contribution in [0.1, 0.15) is 36.1 Å². The maximum Gasteiger partial charge on any atom is 0.282 e. The van der Waals surface area contributed by atoms with E-state index in [1.807, 2.05) is 95.3 Å². The fourth-order valence-corrected chi connectivity index (χ4v) is 3.98. The van der Waals surface area contributed by atoms with E-state index in [-0.39, 0.29) is 23.6 Å². The Hall–Kier alpha value is -3.86. The van der Waals surface area contributed by atoms with Gasteiger partial charge in [0.1, 0.15) is 11.4 Å². The largest absolute Gasteiger partial charge is 0.491 e. The Morgan fingerprint density at radius 1 is 0.818 bits per heavy atom. The van der Waals surface area contributed by atoms with Crippen molar-refractivity contribution in [3.63, 3.8) is 0 Å². The minimum absolute atomic E-state index is 0.0447. The van der Waals surface area contributed by atoms with Gasteiger partial charge in [0.05, 0.1) is 17.4 Å². The molecule has 1 heterocycles. The normalized spacial score (nSPS) is 13.8. The Kier molecular flexibility index (Phi) is 6.05. The zero-order chi connectivity index (χ0) is 23.7. The first-order valence-electron chi connectivity index (χ1n) is 11.1. The van der Waals surface area contributed by atoms with Gasteiger partial charge in [0.2, 0.25) is 0 Å². The molecule has 5 nitrogen and oxygen atoms in total. The Morgan fingerprint density at radius 3 is 2.15 bits per heavy atom. The Balaban J connectivity index is 1.80. The third kappa shape index (κ3) is 4.53. The van der Waals surface area contributed by atoms with Crippen molar-refractivity contribution in [3.8, 4) is 5.75 Å². The molecule has 1 aliphatic heterocycles. The smallest absolute Gasteiger partial charge is 0.282 e. The van der Waals surface area contributed by atoms with E-state index in [1.54, 1.807) is 6.07 Å². The van der Waals surface area contributed by atoms with Gasteiger partial charge < -0.3 is 10.1 Å². The van der Waals surface area contributed by atoms with E-state index in [0.717, 1.165) is 22.4 Å². The quantitative estimate of drug-likeness (QED) is 0.493. The maximum atomic E-state index is 13.6. The minimum atomic E-state index is -0.372. The lowest BCUT2D eigenvalue weighted by Gasteiger charge is -2.16. The Labute approximate surface area is 194 Å². The third-order valence-electron chi connectivity index (χ3n) is 5.50. The summed E-state index contributed by atoms with van der Waals surface area (Å²) in [5.41, 5.74) is 5.72. The molecule has 0 fully saturated rings. The van der Waals surface area contributed by atoms with Crippen molar-refractivity contribution in [2.75, 3.05) is 10.2 Å². The summed E-state index contributed by atoms with van der Waals surface area (Å²) in [6.45, 7) is 9.85. The average molecular weight is 441 g/mol. The average Bonchev–Trinajstić information content (AvgIpc) is 3.00. The summed E-state index contributed by atoms with van der Waals surface area (Å²) in [5.74, 6) is -0.0102. The van der Waals surface area contributed by atoms with E-state index in [9.17, 15) is 9.59 Å². The monoisotopic (exact) mass is 440 g/mol. The molecular formula is C28H28N2O3. The highest BCUT2D eigenvalue weighted by molar-refractivity contribution is 6.46. The van der Waals surface area contributed by atoms with Gasteiger partial charge in [-0.2, -0.15) is 0 Å². The molecule has 0 saturated carbocycles. The van der Waals surface area contributed by atoms with Gasteiger partial charge in [-0.05, 0) is 81.6 Å². The molecular weight excluding hydrogens is 412 g/mol. The van der Waals surface area contributed by atoms with E-state index in [4.69, 9.17) is 4.74 Å². The highest BCUT2D eigenvalue weighted by atomic mass is 16.5. The Morgan fingerprint density at radius 2 is 1.52 bits per heavy atom. The van der Waals surface area contributed by atoms with E-state index in [0.29, 0.717) is 22.6 Å². The standard InChI is InChI=1S/C28H28N2O3/c1-17(2)33-23-12-10-21(11-13-23)25-26(29-24-14-9-19(4)15-20(24)5)28(32)30(27(25)31)22-8-6-7-18(3)16-22/h6-17,29H,1-5H3. The summed E-state index contributed by atoms with van der Waals surface area (Å²) in [5, 5.41) is 3.26. The van der Waals surface area contributed by atoms with Crippen LogP contribution in [0.15, 0.2) is 72.4 Å². The van der Waals surface area contributed by atoms with Crippen molar-refractivity contribution >= 4 is 28.8 Å². The molecule has 3 aromatic rings. The van der Waals surface area contributed by atoms with Gasteiger partial charge in [-0.25, -0.2) is 4.90 Å². The number of carbonyl (C=O) groups is 2. The number of imide groups is 1. The van der Waals surface area contributed by atoms with Gasteiger partial charge >= 0.3 is 0 Å². The second-order valence-corrected chi connectivity index (χ2v) is 8.67. The van der Waals surface area contributed by atoms with E-state index >= 15 is 0 Å². The molecule has 1 aliphatic rings. The van der Waals surface area contributed by atoms with Crippen molar-refractivity contribution in [1.82, 2.24) is 0 Å². The summed E-state index contributed by atoms with van der Waals surface area (Å²) in [6.07, 6.45) is 0.0447. The second-order valence-electron chi connectivity index (χ2n) is 8.67. The van der Waals surface area contributed by atoms with Crippen LogP contribution in [0.25, 0.3) is 5.57 Å². The summed E-state index contributed by atoms with van der Waals surface area (Å²) in [4.78, 5) is 28.4. The molecule has 0 saturated heterocycles. The van der Waals surface area contributed by atoms with Crippen LogP contribution in [0.2, 0.25) is 0 Å². The zero-order valence-corrected chi connectivity index (χ0v) is 19.6. The van der Waals surface area contributed by atoms with Crippen molar-refractivity contribution in [2.24, 2.45) is 0 Å². The lowest BCUT2D eigenvalue weighted by Crippen LogP contribution is -2.32. The van der Waals surface area contributed by atoms with Crippen molar-refractivity contribution in [3.05, 3.63) is 94.7 Å². The number of nitrogens with zero attached hydrogens (tertiary/aromatic N) is 1. The zero-order valence-electron chi connectivity index (χ0n) is 19.6. The number of benzene rings is 3. The molecule has 0 bridgehead atoms. The molecule has 0 aliphatic carbocycles. The lowest BCUT2D eigenvalue weighted by molar-refractivity contribution is -0.120. The molecule has 0 aromatic heterocycles. The van der Waals surface area contributed by atoms with E-state index in [2.05, 4.69) is 5.32 Å². The predicted octanol–water partition coefficient (Wildman–Crippen LogP) is 5.80. The highest BCUT2D eigenvalue weighted by Gasteiger charge is 2.40. The van der Waals surface area contributed by atoms with Crippen LogP contribution in [0.4, 0.5) is 11.4 Å². The molecule has 5 heteroatoms. The predicted molar refractivity (Wildman–Crippen MR) is 132 cm³/mol. The van der Waals surface area contributed by atoms with Gasteiger partial charge in [-0.3, -0.25) is 9.59 Å². The molecule has 4 rings (SSSR count). The lowest BCUT2D eigenvalue weighted by atomic mass is 10.0. The highest BCUT2D eigenvalue weighted by Crippen LogP contribution is 2.35. The SMILES string of the molecule is Cc1cccc(N2C(=O)C(Nc3ccc(C)cc3C)=C(c3ccc(OC(C)C)cc3)C2=O)c1. The van der Waals surface area contributed by atoms with Crippen LogP contribution in [0.3, 0.4) is 0 Å². The number of amides is 2. The van der Waals surface area contributed by atoms with Crippen LogP contribution in [0.5, 0.6) is 5.75 Å². The topological polar surface area (TPSA) is 58.6 Å². The minimum Gasteiger partial charge on any atom is -0.491 e. The van der Waals surface area contributed by atoms with Crippen LogP contribution in [0, 0.1) is 20.8 Å². The first-order valence-corrected chi connectivity index (χ1v) is 11.1. The molecule has 2 amide bonds. The number of nitrogens with one attached hydrogen (secondary N) is 1. The van der Waals surface area contributed by atoms with Crippen LogP contribution in [-0.4, -0.2) is 17.9 Å². The number of hydrogen-bond donors (Lipinski definition) is 1. The summed E-state index contributed by atoms with van der Waals surface area (Å²) in [7, 11) is 0. The van der Waals surface area contributed by atoms with Gasteiger partial charge in [0, 0.05) is 5.69 Å². The molecule has 3 aromatic carbocycles. The number of ether oxygens (including phenoxy) is 1. The molecule has 0 spiro atoms. The molecule has 0 atom stereocenters. The molecule has 33 heavy (non-hydrogen) atoms. The number of rotatable bonds is 6. The molecule has 168 valence electrons. The molecule has 0 unspecified atom stereocenters.